The Morgan fingerprint density at radius 2 is 1.50 bits per heavy atom. The average molecular weight is 179 g/mol. The van der Waals surface area contributed by atoms with Gasteiger partial charge < -0.3 is 19.6 Å². The predicted molar refractivity (Wildman–Crippen MR) is 28.9 cm³/mol. The third-order valence-corrected chi connectivity index (χ3v) is 0. The van der Waals surface area contributed by atoms with Crippen LogP contribution in [0.5, 0.6) is 0 Å². The van der Waals surface area contributed by atoms with Crippen molar-refractivity contribution in [1.82, 2.24) is 0 Å². The molecule has 37 valence electrons. The summed E-state index contributed by atoms with van der Waals surface area (Å²) in [7, 11) is 0. The van der Waals surface area contributed by atoms with Crippen LogP contribution < -0.4 is 0 Å². The van der Waals surface area contributed by atoms with Crippen molar-refractivity contribution in [1.29, 1.82) is 0 Å². The standard InChI is InChI=1S/C3H7.CH4S.Y/c1-3-2;1-2;/h1,3H2,2H3;2H,1H3;/q-1;;/p-1. The fourth-order valence-electron chi connectivity index (χ4n) is 0. The molecule has 0 rings (SSSR count). The molecule has 0 saturated carbocycles. The minimum Gasteiger partial charge on any atom is -0.796 e. The molecule has 0 aromatic rings. The summed E-state index contributed by atoms with van der Waals surface area (Å²) in [5.41, 5.74) is 0. The minimum absolute atomic E-state index is 0. The minimum atomic E-state index is 0. The van der Waals surface area contributed by atoms with Crippen molar-refractivity contribution in [3.63, 3.8) is 0 Å². The first-order valence-electron chi connectivity index (χ1n) is 1.62. The van der Waals surface area contributed by atoms with E-state index in [0.717, 1.165) is 6.42 Å². The summed E-state index contributed by atoms with van der Waals surface area (Å²) in [5, 5.41) is 0. The van der Waals surface area contributed by atoms with E-state index in [0.29, 0.717) is 0 Å². The molecule has 0 aliphatic heterocycles. The summed E-state index contributed by atoms with van der Waals surface area (Å²) < 4.78 is 0. The van der Waals surface area contributed by atoms with Crippen LogP contribution in [0.3, 0.4) is 0 Å². The third kappa shape index (κ3) is 51.2. The molecule has 6 heavy (non-hydrogen) atoms. The van der Waals surface area contributed by atoms with Gasteiger partial charge in [-0.3, -0.25) is 0 Å². The van der Waals surface area contributed by atoms with Gasteiger partial charge in [-0.05, 0) is 0 Å². The number of rotatable bonds is 0. The van der Waals surface area contributed by atoms with Crippen LogP contribution in [-0.2, 0) is 45.3 Å². The predicted octanol–water partition coefficient (Wildman–Crippen LogP) is 1.39. The van der Waals surface area contributed by atoms with E-state index in [-0.39, 0.29) is 32.7 Å². The maximum absolute atomic E-state index is 4.08. The molecule has 0 aliphatic carbocycles. The van der Waals surface area contributed by atoms with E-state index in [1.165, 1.54) is 0 Å². The zero-order chi connectivity index (χ0) is 4.71. The Bertz CT molecular complexity index is 7.51. The number of hydrogen-bond acceptors (Lipinski definition) is 1. The van der Waals surface area contributed by atoms with Gasteiger partial charge in [0.1, 0.15) is 0 Å². The van der Waals surface area contributed by atoms with Crippen LogP contribution in [0.15, 0.2) is 0 Å². The van der Waals surface area contributed by atoms with Crippen molar-refractivity contribution in [3.8, 4) is 0 Å². The van der Waals surface area contributed by atoms with Crippen molar-refractivity contribution in [2.45, 2.75) is 13.3 Å². The van der Waals surface area contributed by atoms with E-state index in [1.54, 1.807) is 6.26 Å². The number of hydrogen-bond donors (Lipinski definition) is 0. The van der Waals surface area contributed by atoms with Gasteiger partial charge in [0.05, 0.1) is 0 Å². The summed E-state index contributed by atoms with van der Waals surface area (Å²) in [6.45, 7) is 5.50. The molecule has 0 bridgehead atoms. The molecule has 0 heterocycles. The van der Waals surface area contributed by atoms with E-state index < -0.39 is 0 Å². The topological polar surface area (TPSA) is 0 Å². The van der Waals surface area contributed by atoms with Crippen LogP contribution in [0.4, 0.5) is 0 Å². The molecule has 0 unspecified atom stereocenters. The van der Waals surface area contributed by atoms with Gasteiger partial charge in [-0.2, -0.15) is 12.7 Å². The molecule has 0 nitrogen and oxygen atoms in total. The molecular formula is C4H10SY-2. The van der Waals surface area contributed by atoms with Gasteiger partial charge in [0.2, 0.25) is 0 Å². The van der Waals surface area contributed by atoms with Gasteiger partial charge in [0.15, 0.2) is 0 Å². The van der Waals surface area contributed by atoms with E-state index in [4.69, 9.17) is 0 Å². The first-order valence-corrected chi connectivity index (χ1v) is 2.43. The normalized spacial score (nSPS) is 4.00. The summed E-state index contributed by atoms with van der Waals surface area (Å²) in [4.78, 5) is 0. The smallest absolute Gasteiger partial charge is 0 e. The first kappa shape index (κ1) is 15.7. The van der Waals surface area contributed by atoms with Gasteiger partial charge in [0.25, 0.3) is 0 Å². The SMILES string of the molecule is C[S-].[CH2-]CC.[Y]. The van der Waals surface area contributed by atoms with Crippen LogP contribution in [0.2, 0.25) is 0 Å². The second-order valence-corrected chi connectivity index (χ2v) is 0.500. The molecule has 1 radical (unpaired) electrons. The second-order valence-electron chi connectivity index (χ2n) is 0.500. The van der Waals surface area contributed by atoms with Gasteiger partial charge in [0, 0.05) is 32.7 Å². The van der Waals surface area contributed by atoms with Crippen molar-refractivity contribution < 1.29 is 32.7 Å². The largest absolute Gasteiger partial charge is 0.796 e. The van der Waals surface area contributed by atoms with E-state index in [2.05, 4.69) is 19.6 Å². The molecule has 0 atom stereocenters. The molecule has 0 fully saturated rings. The Morgan fingerprint density at radius 3 is 1.50 bits per heavy atom. The molecule has 0 aromatic heterocycles. The summed E-state index contributed by atoms with van der Waals surface area (Å²) in [5.74, 6) is 0. The molecular weight excluding hydrogens is 169 g/mol. The van der Waals surface area contributed by atoms with Crippen LogP contribution in [0.25, 0.3) is 0 Å². The Balaban J connectivity index is -0.0000000275. The van der Waals surface area contributed by atoms with Gasteiger partial charge in [-0.15, -0.1) is 0 Å². The van der Waals surface area contributed by atoms with E-state index in [1.807, 2.05) is 6.92 Å². The third-order valence-electron chi connectivity index (χ3n) is 0. The molecule has 0 amide bonds. The molecule has 0 aliphatic rings. The van der Waals surface area contributed by atoms with Crippen molar-refractivity contribution >= 4 is 12.6 Å². The summed E-state index contributed by atoms with van der Waals surface area (Å²) in [6.07, 6.45) is 2.58. The van der Waals surface area contributed by atoms with Crippen LogP contribution in [0.1, 0.15) is 13.3 Å². The quantitative estimate of drug-likeness (QED) is 0.400. The van der Waals surface area contributed by atoms with Crippen molar-refractivity contribution in [3.05, 3.63) is 6.92 Å². The van der Waals surface area contributed by atoms with Crippen LogP contribution >= 0.6 is 0 Å². The second kappa shape index (κ2) is 31.9. The average Bonchev–Trinajstić information content (AvgIpc) is 1.46. The summed E-state index contributed by atoms with van der Waals surface area (Å²) in [6, 6.07) is 0. The van der Waals surface area contributed by atoms with Crippen molar-refractivity contribution in [2.24, 2.45) is 0 Å². The Labute approximate surface area is 71.4 Å². The first-order chi connectivity index (χ1) is 2.41. The maximum Gasteiger partial charge on any atom is 0 e. The molecule has 2 heteroatoms. The summed E-state index contributed by atoms with van der Waals surface area (Å²) >= 11 is 4.08. The molecule has 0 N–H and O–H groups in total. The van der Waals surface area contributed by atoms with Crippen LogP contribution in [-0.4, -0.2) is 6.26 Å². The van der Waals surface area contributed by atoms with E-state index >= 15 is 0 Å². The Kier molecular flexibility index (Phi) is 83.2. The van der Waals surface area contributed by atoms with Gasteiger partial charge in [-0.25, -0.2) is 0 Å². The van der Waals surface area contributed by atoms with Crippen molar-refractivity contribution in [2.75, 3.05) is 6.26 Å². The molecule has 0 aromatic carbocycles. The van der Waals surface area contributed by atoms with E-state index in [9.17, 15) is 0 Å². The molecule has 0 saturated heterocycles. The fourth-order valence-corrected chi connectivity index (χ4v) is 0. The van der Waals surface area contributed by atoms with Gasteiger partial charge >= 0.3 is 0 Å². The monoisotopic (exact) mass is 179 g/mol. The Morgan fingerprint density at radius 1 is 1.50 bits per heavy atom. The molecule has 0 spiro atoms. The van der Waals surface area contributed by atoms with Crippen LogP contribution in [0, 0.1) is 6.92 Å². The Hall–Kier alpha value is 1.45. The maximum atomic E-state index is 4.08. The van der Waals surface area contributed by atoms with Gasteiger partial charge in [-0.1, -0.05) is 6.92 Å². The zero-order valence-electron chi connectivity index (χ0n) is 4.40. The zero-order valence-corrected chi connectivity index (χ0v) is 8.05. The fraction of sp³-hybridized carbons (Fsp3) is 0.750.